The average Bonchev–Trinajstić information content (AvgIpc) is 2.98. The summed E-state index contributed by atoms with van der Waals surface area (Å²) in [7, 11) is 0. The predicted molar refractivity (Wildman–Crippen MR) is 100 cm³/mol. The van der Waals surface area contributed by atoms with Crippen LogP contribution in [0.4, 0.5) is 4.79 Å². The van der Waals surface area contributed by atoms with Crippen LogP contribution < -0.4 is 10.6 Å². The van der Waals surface area contributed by atoms with Gasteiger partial charge < -0.3 is 10.1 Å². The first kappa shape index (κ1) is 18.4. The average molecular weight is 374 g/mol. The fourth-order valence-corrected chi connectivity index (χ4v) is 4.30. The lowest BCUT2D eigenvalue weighted by molar-refractivity contribution is -0.123. The van der Waals surface area contributed by atoms with Gasteiger partial charge in [0.05, 0.1) is 0 Å². The summed E-state index contributed by atoms with van der Waals surface area (Å²) >= 11 is 1.34. The SMILES string of the molecule is Cc1c(C(=O)OCC(=O)NC(=O)NC2CCCCC2)sc2ccccc12. The van der Waals surface area contributed by atoms with E-state index in [4.69, 9.17) is 4.74 Å². The zero-order chi connectivity index (χ0) is 18.5. The molecule has 2 N–H and O–H groups in total. The van der Waals surface area contributed by atoms with E-state index in [1.54, 1.807) is 0 Å². The van der Waals surface area contributed by atoms with Crippen LogP contribution in [0.25, 0.3) is 10.1 Å². The van der Waals surface area contributed by atoms with E-state index in [0.29, 0.717) is 4.88 Å². The first-order valence-corrected chi connectivity index (χ1v) is 9.62. The van der Waals surface area contributed by atoms with Crippen molar-refractivity contribution >= 4 is 39.3 Å². The number of ether oxygens (including phenoxy) is 1. The molecule has 1 fully saturated rings. The largest absolute Gasteiger partial charge is 0.451 e. The maximum atomic E-state index is 12.2. The molecule has 6 nitrogen and oxygen atoms in total. The smallest absolute Gasteiger partial charge is 0.349 e. The molecule has 7 heteroatoms. The number of imide groups is 1. The van der Waals surface area contributed by atoms with Crippen LogP contribution in [0, 0.1) is 6.92 Å². The highest BCUT2D eigenvalue weighted by molar-refractivity contribution is 7.21. The number of benzene rings is 1. The molecule has 2 aromatic rings. The van der Waals surface area contributed by atoms with Crippen molar-refractivity contribution in [3.8, 4) is 0 Å². The van der Waals surface area contributed by atoms with Crippen LogP contribution in [0.3, 0.4) is 0 Å². The van der Waals surface area contributed by atoms with Crippen molar-refractivity contribution in [3.63, 3.8) is 0 Å². The van der Waals surface area contributed by atoms with Crippen molar-refractivity contribution < 1.29 is 19.1 Å². The number of carbonyl (C=O) groups is 3. The highest BCUT2D eigenvalue weighted by Crippen LogP contribution is 2.30. The molecule has 3 rings (SSSR count). The second-order valence-corrected chi connectivity index (χ2v) is 7.54. The minimum absolute atomic E-state index is 0.111. The molecule has 138 valence electrons. The van der Waals surface area contributed by atoms with Gasteiger partial charge >= 0.3 is 12.0 Å². The lowest BCUT2D eigenvalue weighted by Crippen LogP contribution is -2.46. The Balaban J connectivity index is 1.49. The van der Waals surface area contributed by atoms with Crippen LogP contribution in [0.1, 0.15) is 47.3 Å². The van der Waals surface area contributed by atoms with Gasteiger partial charge in [0, 0.05) is 10.7 Å². The number of nitrogens with one attached hydrogen (secondary N) is 2. The fourth-order valence-electron chi connectivity index (χ4n) is 3.20. The summed E-state index contributed by atoms with van der Waals surface area (Å²) in [4.78, 5) is 36.4. The highest BCUT2D eigenvalue weighted by atomic mass is 32.1. The van der Waals surface area contributed by atoms with Gasteiger partial charge in [0.25, 0.3) is 5.91 Å². The summed E-state index contributed by atoms with van der Waals surface area (Å²) in [5, 5.41) is 6.00. The van der Waals surface area contributed by atoms with Gasteiger partial charge in [0.2, 0.25) is 0 Å². The van der Waals surface area contributed by atoms with Crippen molar-refractivity contribution in [3.05, 3.63) is 34.7 Å². The maximum Gasteiger partial charge on any atom is 0.349 e. The Morgan fingerprint density at radius 3 is 2.62 bits per heavy atom. The lowest BCUT2D eigenvalue weighted by atomic mass is 9.96. The molecule has 1 aromatic heterocycles. The van der Waals surface area contributed by atoms with Gasteiger partial charge in [-0.1, -0.05) is 37.5 Å². The van der Waals surface area contributed by atoms with Crippen molar-refractivity contribution in [1.29, 1.82) is 0 Å². The van der Waals surface area contributed by atoms with Crippen LogP contribution in [0.5, 0.6) is 0 Å². The standard InChI is InChI=1S/C19H22N2O4S/c1-12-14-9-5-6-10-15(14)26-17(12)18(23)25-11-16(22)21-19(24)20-13-7-3-2-4-8-13/h5-6,9-10,13H,2-4,7-8,11H2,1H3,(H2,20,21,22,24). The Bertz CT molecular complexity index is 824. The number of amides is 3. The molecule has 0 bridgehead atoms. The number of hydrogen-bond acceptors (Lipinski definition) is 5. The van der Waals surface area contributed by atoms with E-state index >= 15 is 0 Å². The monoisotopic (exact) mass is 374 g/mol. The molecule has 1 aromatic carbocycles. The molecule has 0 unspecified atom stereocenters. The minimum atomic E-state index is -0.634. The number of hydrogen-bond donors (Lipinski definition) is 2. The molecule has 1 aliphatic rings. The Hall–Kier alpha value is -2.41. The van der Waals surface area contributed by atoms with Crippen LogP contribution in [0.15, 0.2) is 24.3 Å². The molecule has 0 radical (unpaired) electrons. The van der Waals surface area contributed by atoms with Gasteiger partial charge in [0.1, 0.15) is 4.88 Å². The predicted octanol–water partition coefficient (Wildman–Crippen LogP) is 3.53. The molecule has 0 saturated heterocycles. The van der Waals surface area contributed by atoms with Crippen molar-refractivity contribution in [2.75, 3.05) is 6.61 Å². The Morgan fingerprint density at radius 2 is 1.88 bits per heavy atom. The number of aryl methyl sites for hydroxylation is 1. The Morgan fingerprint density at radius 1 is 1.15 bits per heavy atom. The van der Waals surface area contributed by atoms with E-state index in [2.05, 4.69) is 10.6 Å². The second-order valence-electron chi connectivity index (χ2n) is 6.49. The van der Waals surface area contributed by atoms with Gasteiger partial charge in [0.15, 0.2) is 6.61 Å². The topological polar surface area (TPSA) is 84.5 Å². The summed E-state index contributed by atoms with van der Waals surface area (Å²) in [6.07, 6.45) is 5.23. The third kappa shape index (κ3) is 4.40. The van der Waals surface area contributed by atoms with Gasteiger partial charge in [-0.3, -0.25) is 10.1 Å². The molecule has 0 aliphatic heterocycles. The number of fused-ring (bicyclic) bond motifs is 1. The van der Waals surface area contributed by atoms with E-state index in [1.807, 2.05) is 31.2 Å². The minimum Gasteiger partial charge on any atom is -0.451 e. The molecule has 1 aliphatic carbocycles. The molecule has 26 heavy (non-hydrogen) atoms. The molecular weight excluding hydrogens is 352 g/mol. The van der Waals surface area contributed by atoms with Gasteiger partial charge in [-0.2, -0.15) is 0 Å². The summed E-state index contributed by atoms with van der Waals surface area (Å²) in [5.74, 6) is -1.18. The summed E-state index contributed by atoms with van der Waals surface area (Å²) < 4.78 is 6.06. The summed E-state index contributed by atoms with van der Waals surface area (Å²) in [5.41, 5.74) is 0.839. The van der Waals surface area contributed by atoms with Gasteiger partial charge in [-0.25, -0.2) is 9.59 Å². The molecule has 0 atom stereocenters. The van der Waals surface area contributed by atoms with Gasteiger partial charge in [-0.05, 0) is 36.8 Å². The Labute approximate surface area is 155 Å². The lowest BCUT2D eigenvalue weighted by Gasteiger charge is -2.22. The number of urea groups is 1. The number of esters is 1. The first-order valence-electron chi connectivity index (χ1n) is 8.80. The highest BCUT2D eigenvalue weighted by Gasteiger charge is 2.20. The fraction of sp³-hybridized carbons (Fsp3) is 0.421. The number of carbonyl (C=O) groups excluding carboxylic acids is 3. The van der Waals surface area contributed by atoms with Crippen LogP contribution in [-0.2, 0) is 9.53 Å². The van der Waals surface area contributed by atoms with E-state index in [-0.39, 0.29) is 6.04 Å². The first-order chi connectivity index (χ1) is 12.5. The van der Waals surface area contributed by atoms with Crippen molar-refractivity contribution in [2.45, 2.75) is 45.1 Å². The molecule has 3 amide bonds. The molecular formula is C19H22N2O4S. The van der Waals surface area contributed by atoms with Crippen LogP contribution in [0.2, 0.25) is 0 Å². The zero-order valence-corrected chi connectivity index (χ0v) is 15.5. The van der Waals surface area contributed by atoms with E-state index in [9.17, 15) is 14.4 Å². The second kappa shape index (κ2) is 8.31. The van der Waals surface area contributed by atoms with Crippen LogP contribution in [-0.4, -0.2) is 30.6 Å². The maximum absolute atomic E-state index is 12.2. The zero-order valence-electron chi connectivity index (χ0n) is 14.7. The summed E-state index contributed by atoms with van der Waals surface area (Å²) in [6, 6.07) is 7.28. The van der Waals surface area contributed by atoms with Gasteiger partial charge in [-0.15, -0.1) is 11.3 Å². The molecule has 1 heterocycles. The Kier molecular flexibility index (Phi) is 5.88. The normalized spacial score (nSPS) is 14.8. The van der Waals surface area contributed by atoms with Crippen molar-refractivity contribution in [2.24, 2.45) is 0 Å². The van der Waals surface area contributed by atoms with Crippen LogP contribution >= 0.6 is 11.3 Å². The van der Waals surface area contributed by atoms with Crippen molar-refractivity contribution in [1.82, 2.24) is 10.6 Å². The third-order valence-electron chi connectivity index (χ3n) is 4.56. The quantitative estimate of drug-likeness (QED) is 0.802. The van der Waals surface area contributed by atoms with E-state index in [1.165, 1.54) is 17.8 Å². The van der Waals surface area contributed by atoms with E-state index in [0.717, 1.165) is 41.3 Å². The summed E-state index contributed by atoms with van der Waals surface area (Å²) in [6.45, 7) is 1.37. The molecule has 1 saturated carbocycles. The number of rotatable bonds is 4. The third-order valence-corrected chi connectivity index (χ3v) is 5.81. The number of thiophene rings is 1. The molecule has 0 spiro atoms. The van der Waals surface area contributed by atoms with E-state index < -0.39 is 24.5 Å².